The highest BCUT2D eigenvalue weighted by Gasteiger charge is 2.23. The van der Waals surface area contributed by atoms with E-state index in [0.717, 1.165) is 50.6 Å². The maximum atomic E-state index is 6.64. The van der Waals surface area contributed by atoms with E-state index in [1.165, 1.54) is 43.6 Å². The van der Waals surface area contributed by atoms with Gasteiger partial charge in [0.15, 0.2) is 0 Å². The molecule has 0 saturated heterocycles. The van der Waals surface area contributed by atoms with Crippen molar-refractivity contribution in [1.29, 1.82) is 0 Å². The van der Waals surface area contributed by atoms with Gasteiger partial charge in [0.25, 0.3) is 0 Å². The van der Waals surface area contributed by atoms with Crippen LogP contribution >= 0.6 is 0 Å². The largest absolute Gasteiger partial charge is 0.456 e. The van der Waals surface area contributed by atoms with E-state index in [-0.39, 0.29) is 0 Å². The minimum absolute atomic E-state index is 0.891. The van der Waals surface area contributed by atoms with Gasteiger partial charge in [0.05, 0.1) is 0 Å². The summed E-state index contributed by atoms with van der Waals surface area (Å²) in [5.74, 6) is 1.78. The van der Waals surface area contributed by atoms with Gasteiger partial charge in [-0.3, -0.25) is 0 Å². The number of benzene rings is 9. The fourth-order valence-electron chi connectivity index (χ4n) is 7.58. The first kappa shape index (κ1) is 28.4. The van der Waals surface area contributed by atoms with Gasteiger partial charge >= 0.3 is 0 Å². The van der Waals surface area contributed by atoms with Gasteiger partial charge in [-0.25, -0.2) is 0 Å². The zero-order valence-electron chi connectivity index (χ0n) is 27.3. The van der Waals surface area contributed by atoms with Crippen LogP contribution in [-0.4, -0.2) is 0 Å². The van der Waals surface area contributed by atoms with Crippen molar-refractivity contribution < 1.29 is 4.74 Å². The van der Waals surface area contributed by atoms with Crippen LogP contribution in [0.15, 0.2) is 188 Å². The molecule has 2 nitrogen and oxygen atoms in total. The molecule has 50 heavy (non-hydrogen) atoms. The van der Waals surface area contributed by atoms with Crippen molar-refractivity contribution in [3.63, 3.8) is 0 Å². The molecule has 0 unspecified atom stereocenters. The van der Waals surface area contributed by atoms with Crippen molar-refractivity contribution in [2.45, 2.75) is 0 Å². The molecule has 0 fully saturated rings. The number of ether oxygens (including phenoxy) is 1. The van der Waals surface area contributed by atoms with E-state index in [4.69, 9.17) is 4.74 Å². The van der Waals surface area contributed by atoms with E-state index in [1.54, 1.807) is 0 Å². The first-order valence-corrected chi connectivity index (χ1v) is 17.1. The van der Waals surface area contributed by atoms with Crippen molar-refractivity contribution in [3.05, 3.63) is 188 Å². The average Bonchev–Trinajstić information content (AvgIpc) is 3.18. The Morgan fingerprint density at radius 1 is 0.320 bits per heavy atom. The van der Waals surface area contributed by atoms with Crippen LogP contribution in [0.1, 0.15) is 0 Å². The lowest BCUT2D eigenvalue weighted by atomic mass is 9.89. The summed E-state index contributed by atoms with van der Waals surface area (Å²) in [6.07, 6.45) is 0. The molecule has 1 aliphatic heterocycles. The lowest BCUT2D eigenvalue weighted by molar-refractivity contribution is 0.487. The van der Waals surface area contributed by atoms with Gasteiger partial charge in [-0.2, -0.15) is 0 Å². The zero-order chi connectivity index (χ0) is 33.0. The maximum Gasteiger partial charge on any atom is 0.135 e. The monoisotopic (exact) mass is 637 g/mol. The molecule has 0 aromatic heterocycles. The molecule has 1 heterocycles. The molecular formula is C48H31NO. The molecule has 9 aromatic carbocycles. The number of hydrogen-bond acceptors (Lipinski definition) is 2. The van der Waals surface area contributed by atoms with Gasteiger partial charge in [-0.1, -0.05) is 133 Å². The minimum Gasteiger partial charge on any atom is -0.456 e. The second-order valence-corrected chi connectivity index (χ2v) is 13.0. The maximum absolute atomic E-state index is 6.64. The van der Waals surface area contributed by atoms with Gasteiger partial charge in [0.2, 0.25) is 0 Å². The third-order valence-corrected chi connectivity index (χ3v) is 10.00. The summed E-state index contributed by atoms with van der Waals surface area (Å²) in [5.41, 5.74) is 10.3. The van der Waals surface area contributed by atoms with E-state index in [9.17, 15) is 0 Å². The topological polar surface area (TPSA) is 12.5 Å². The van der Waals surface area contributed by atoms with Crippen LogP contribution in [0.25, 0.3) is 65.7 Å². The molecule has 1 aliphatic rings. The molecule has 0 N–H and O–H groups in total. The number of fused-ring (bicyclic) bond motifs is 4. The van der Waals surface area contributed by atoms with Gasteiger partial charge in [-0.15, -0.1) is 0 Å². The molecule has 10 rings (SSSR count). The van der Waals surface area contributed by atoms with Crippen LogP contribution in [0.5, 0.6) is 11.5 Å². The summed E-state index contributed by atoms with van der Waals surface area (Å²) in [7, 11) is 0. The average molecular weight is 638 g/mol. The molecule has 0 spiro atoms. The van der Waals surface area contributed by atoms with Gasteiger partial charge < -0.3 is 9.64 Å². The van der Waals surface area contributed by atoms with E-state index < -0.39 is 0 Å². The van der Waals surface area contributed by atoms with Crippen LogP contribution in [0.3, 0.4) is 0 Å². The van der Waals surface area contributed by atoms with E-state index in [0.29, 0.717) is 0 Å². The molecule has 0 saturated carbocycles. The van der Waals surface area contributed by atoms with Gasteiger partial charge in [-0.05, 0) is 109 Å². The molecule has 234 valence electrons. The van der Waals surface area contributed by atoms with Crippen molar-refractivity contribution in [2.75, 3.05) is 4.90 Å². The van der Waals surface area contributed by atoms with Crippen LogP contribution < -0.4 is 9.64 Å². The van der Waals surface area contributed by atoms with Crippen LogP contribution in [0.2, 0.25) is 0 Å². The van der Waals surface area contributed by atoms with Crippen molar-refractivity contribution in [2.24, 2.45) is 0 Å². The van der Waals surface area contributed by atoms with E-state index in [2.05, 4.69) is 187 Å². The highest BCUT2D eigenvalue weighted by atomic mass is 16.5. The first-order chi connectivity index (χ1) is 24.8. The van der Waals surface area contributed by atoms with Crippen molar-refractivity contribution >= 4 is 49.4 Å². The highest BCUT2D eigenvalue weighted by molar-refractivity contribution is 6.10. The van der Waals surface area contributed by atoms with E-state index in [1.807, 2.05) is 6.07 Å². The molecule has 0 amide bonds. The number of hydrogen-bond donors (Lipinski definition) is 0. The lowest BCUT2D eigenvalue weighted by Crippen LogP contribution is -2.10. The standard InChI is InChI=1S/C48H31NO/c1-2-10-32(11-3-1)37-22-25-43-45-19-9-18-44-42(26-27-46(48(44)45)50-47(43)31-37)38-16-8-17-39(30-38)49(40-23-20-33-12-4-6-14-35(33)28-40)41-24-21-34-13-5-7-15-36(34)29-41/h1-31H. The Morgan fingerprint density at radius 3 is 1.68 bits per heavy atom. The van der Waals surface area contributed by atoms with E-state index >= 15 is 0 Å². The predicted octanol–water partition coefficient (Wildman–Crippen LogP) is 13.7. The summed E-state index contributed by atoms with van der Waals surface area (Å²) in [5, 5.41) is 7.22. The Balaban J connectivity index is 1.11. The van der Waals surface area contributed by atoms with Gasteiger partial charge in [0.1, 0.15) is 11.5 Å². The van der Waals surface area contributed by atoms with Crippen LogP contribution in [0.4, 0.5) is 17.1 Å². The highest BCUT2D eigenvalue weighted by Crippen LogP contribution is 2.50. The summed E-state index contributed by atoms with van der Waals surface area (Å²) in [4.78, 5) is 2.37. The number of anilines is 3. The predicted molar refractivity (Wildman–Crippen MR) is 210 cm³/mol. The van der Waals surface area contributed by atoms with Crippen LogP contribution in [-0.2, 0) is 0 Å². The zero-order valence-corrected chi connectivity index (χ0v) is 27.3. The Labute approximate surface area is 291 Å². The summed E-state index contributed by atoms with van der Waals surface area (Å²) in [6.45, 7) is 0. The normalized spacial score (nSPS) is 11.8. The molecular weight excluding hydrogens is 607 g/mol. The SMILES string of the molecule is c1ccc(-c2ccc3c(c2)Oc2ccc(-c4cccc(N(c5ccc6ccccc6c5)c5ccc6ccccc6c5)c4)c4cccc-3c24)cc1. The van der Waals surface area contributed by atoms with Crippen molar-refractivity contribution in [3.8, 4) is 44.9 Å². The molecule has 0 aliphatic carbocycles. The summed E-state index contributed by atoms with van der Waals surface area (Å²) < 4.78 is 6.64. The minimum atomic E-state index is 0.891. The molecule has 0 radical (unpaired) electrons. The van der Waals surface area contributed by atoms with Crippen molar-refractivity contribution in [1.82, 2.24) is 0 Å². The number of nitrogens with zero attached hydrogens (tertiary/aromatic N) is 1. The summed E-state index contributed by atoms with van der Waals surface area (Å²) in [6, 6.07) is 67.5. The fraction of sp³-hybridized carbons (Fsp3) is 0. The fourth-order valence-corrected chi connectivity index (χ4v) is 7.58. The molecule has 0 bridgehead atoms. The second-order valence-electron chi connectivity index (χ2n) is 13.0. The Bertz CT molecular complexity index is 2670. The Morgan fingerprint density at radius 2 is 0.940 bits per heavy atom. The molecule has 9 aromatic rings. The molecule has 0 atom stereocenters. The smallest absolute Gasteiger partial charge is 0.135 e. The number of rotatable bonds is 5. The Hall–Kier alpha value is -6.64. The second kappa shape index (κ2) is 11.5. The molecule has 2 heteroatoms. The lowest BCUT2D eigenvalue weighted by Gasteiger charge is -2.27. The Kier molecular flexibility index (Phi) is 6.53. The third-order valence-electron chi connectivity index (χ3n) is 10.00. The summed E-state index contributed by atoms with van der Waals surface area (Å²) >= 11 is 0. The van der Waals surface area contributed by atoms with Crippen LogP contribution in [0, 0.1) is 0 Å². The first-order valence-electron chi connectivity index (χ1n) is 17.1. The third kappa shape index (κ3) is 4.73. The van der Waals surface area contributed by atoms with Gasteiger partial charge in [0, 0.05) is 28.0 Å². The quantitative estimate of drug-likeness (QED) is 0.186.